The van der Waals surface area contributed by atoms with Crippen molar-refractivity contribution < 1.29 is 22.1 Å². The van der Waals surface area contributed by atoms with Gasteiger partial charge < -0.3 is 4.52 Å². The molecule has 0 saturated carbocycles. The van der Waals surface area contributed by atoms with Crippen molar-refractivity contribution in [1.29, 1.82) is 0 Å². The summed E-state index contributed by atoms with van der Waals surface area (Å²) in [7, 11) is -3.94. The quantitative estimate of drug-likeness (QED) is 0.402. The van der Waals surface area contributed by atoms with Gasteiger partial charge in [-0.25, -0.2) is 22.8 Å². The molecule has 11 heteroatoms. The summed E-state index contributed by atoms with van der Waals surface area (Å²) in [5.41, 5.74) is 1.19. The van der Waals surface area contributed by atoms with E-state index in [4.69, 9.17) is 4.52 Å². The van der Waals surface area contributed by atoms with E-state index in [-0.39, 0.29) is 22.0 Å². The van der Waals surface area contributed by atoms with Crippen molar-refractivity contribution in [3.63, 3.8) is 0 Å². The molecule has 0 aromatic carbocycles. The third kappa shape index (κ3) is 4.28. The monoisotopic (exact) mass is 458 g/mol. The van der Waals surface area contributed by atoms with Crippen LogP contribution in [0.4, 0.5) is 4.39 Å². The molecule has 4 aromatic rings. The maximum atomic E-state index is 13.4. The van der Waals surface area contributed by atoms with Gasteiger partial charge >= 0.3 is 0 Å². The number of sulfone groups is 1. The lowest BCUT2D eigenvalue weighted by molar-refractivity contribution is 0.101. The van der Waals surface area contributed by atoms with Crippen LogP contribution in [-0.2, 0) is 9.84 Å². The highest BCUT2D eigenvalue weighted by atomic mass is 32.2. The summed E-state index contributed by atoms with van der Waals surface area (Å²) < 4.78 is 43.7. The molecule has 0 aliphatic rings. The average Bonchev–Trinajstić information content (AvgIpc) is 3.35. The van der Waals surface area contributed by atoms with Crippen molar-refractivity contribution in [3.05, 3.63) is 65.8 Å². The number of pyridine rings is 2. The topological polar surface area (TPSA) is 116 Å². The molecule has 0 atom stereocenters. The van der Waals surface area contributed by atoms with E-state index in [0.29, 0.717) is 21.1 Å². The fourth-order valence-corrected chi connectivity index (χ4v) is 5.49. The number of hydrogen-bond donors (Lipinski definition) is 0. The Morgan fingerprint density at radius 1 is 1.19 bits per heavy atom. The van der Waals surface area contributed by atoms with Gasteiger partial charge in [0, 0.05) is 18.0 Å². The number of halogens is 1. The smallest absolute Gasteiger partial charge is 0.196 e. The van der Waals surface area contributed by atoms with E-state index in [1.54, 1.807) is 18.3 Å². The zero-order valence-electron chi connectivity index (χ0n) is 16.4. The number of thiazole rings is 1. The van der Waals surface area contributed by atoms with Crippen LogP contribution < -0.4 is 0 Å². The first-order chi connectivity index (χ1) is 14.7. The number of aryl methyl sites for hydroxylation is 2. The molecular weight excluding hydrogens is 443 g/mol. The van der Waals surface area contributed by atoms with Crippen molar-refractivity contribution in [2.24, 2.45) is 0 Å². The molecule has 0 unspecified atom stereocenters. The van der Waals surface area contributed by atoms with Gasteiger partial charge in [-0.2, -0.15) is 0 Å². The Balaban J connectivity index is 1.60. The predicted molar refractivity (Wildman–Crippen MR) is 111 cm³/mol. The summed E-state index contributed by atoms with van der Waals surface area (Å²) in [6.07, 6.45) is 4.16. The second-order valence-electron chi connectivity index (χ2n) is 6.67. The van der Waals surface area contributed by atoms with Crippen molar-refractivity contribution in [3.8, 4) is 21.1 Å². The zero-order valence-corrected chi connectivity index (χ0v) is 18.0. The Kier molecular flexibility index (Phi) is 5.46. The van der Waals surface area contributed by atoms with Crippen LogP contribution in [0.15, 0.2) is 52.3 Å². The number of Topliss-reactive ketones (excluding diaryl/α,β-unsaturated/α-hetero) is 1. The molecule has 4 heterocycles. The highest BCUT2D eigenvalue weighted by Crippen LogP contribution is 2.31. The van der Waals surface area contributed by atoms with Crippen LogP contribution in [0, 0.1) is 19.7 Å². The third-order valence-electron chi connectivity index (χ3n) is 4.34. The molecule has 0 saturated heterocycles. The van der Waals surface area contributed by atoms with Gasteiger partial charge in [0.15, 0.2) is 21.4 Å². The molecule has 8 nitrogen and oxygen atoms in total. The number of carbonyl (C=O) groups is 1. The van der Waals surface area contributed by atoms with E-state index in [9.17, 15) is 17.6 Å². The minimum Gasteiger partial charge on any atom is -0.360 e. The minimum absolute atomic E-state index is 0.00945. The molecule has 0 N–H and O–H groups in total. The molecule has 158 valence electrons. The molecule has 0 fully saturated rings. The van der Waals surface area contributed by atoms with Crippen LogP contribution in [0.2, 0.25) is 0 Å². The Morgan fingerprint density at radius 2 is 2.00 bits per heavy atom. The first-order valence-corrected chi connectivity index (χ1v) is 11.4. The second kappa shape index (κ2) is 8.08. The molecule has 0 aliphatic carbocycles. The molecular formula is C20H15FN4O4S2. The largest absolute Gasteiger partial charge is 0.360 e. The normalized spacial score (nSPS) is 11.6. The number of nitrogens with zero attached hydrogens (tertiary/aromatic N) is 4. The van der Waals surface area contributed by atoms with E-state index in [0.717, 1.165) is 6.20 Å². The average molecular weight is 458 g/mol. The summed E-state index contributed by atoms with van der Waals surface area (Å²) in [6.45, 7) is 2.98. The zero-order chi connectivity index (χ0) is 22.2. The van der Waals surface area contributed by atoms with E-state index >= 15 is 0 Å². The standard InChI is InChI=1S/C20H15FN4O4S2/c1-11-19(12(2)29-25-11)31(27,28)10-17(26)15-4-3-5-16(24-15)18-9-23-20(30-18)13-6-14(21)8-22-7-13/h3-9H,10H2,1-2H3. The maximum Gasteiger partial charge on any atom is 0.196 e. The summed E-state index contributed by atoms with van der Waals surface area (Å²) >= 11 is 1.25. The maximum absolute atomic E-state index is 13.4. The summed E-state index contributed by atoms with van der Waals surface area (Å²) in [5.74, 6) is -1.74. The molecule has 0 bridgehead atoms. The van der Waals surface area contributed by atoms with Gasteiger partial charge in [0.25, 0.3) is 0 Å². The number of ketones is 1. The van der Waals surface area contributed by atoms with E-state index in [1.807, 2.05) is 0 Å². The summed E-state index contributed by atoms with van der Waals surface area (Å²) in [6, 6.07) is 6.07. The van der Waals surface area contributed by atoms with Crippen molar-refractivity contribution in [2.75, 3.05) is 5.75 Å². The number of rotatable bonds is 6. The van der Waals surface area contributed by atoms with Crippen LogP contribution in [0.25, 0.3) is 21.1 Å². The Bertz CT molecular complexity index is 1380. The molecule has 4 rings (SSSR count). The molecule has 0 spiro atoms. The highest BCUT2D eigenvalue weighted by molar-refractivity contribution is 7.92. The summed E-state index contributed by atoms with van der Waals surface area (Å²) in [5, 5.41) is 4.18. The van der Waals surface area contributed by atoms with Gasteiger partial charge in [0.1, 0.15) is 27.2 Å². The fourth-order valence-electron chi connectivity index (χ4n) is 3.02. The molecule has 4 aromatic heterocycles. The number of carbonyl (C=O) groups excluding carboxylic acids is 1. The van der Waals surface area contributed by atoms with Crippen LogP contribution in [0.3, 0.4) is 0 Å². The van der Waals surface area contributed by atoms with Crippen LogP contribution in [0.1, 0.15) is 21.9 Å². The SMILES string of the molecule is Cc1noc(C)c1S(=O)(=O)CC(=O)c1cccc(-c2cnc(-c3cncc(F)c3)s2)n1. The summed E-state index contributed by atoms with van der Waals surface area (Å²) in [4.78, 5) is 25.6. The molecule has 0 radical (unpaired) electrons. The first-order valence-electron chi connectivity index (χ1n) is 8.97. The number of hydrogen-bond acceptors (Lipinski definition) is 9. The van der Waals surface area contributed by atoms with Gasteiger partial charge in [-0.05, 0) is 32.0 Å². The first kappa shape index (κ1) is 20.9. The van der Waals surface area contributed by atoms with Gasteiger partial charge in [0.2, 0.25) is 0 Å². The Hall–Kier alpha value is -3.31. The number of aromatic nitrogens is 4. The highest BCUT2D eigenvalue weighted by Gasteiger charge is 2.28. The lowest BCUT2D eigenvalue weighted by Crippen LogP contribution is -2.18. The van der Waals surface area contributed by atoms with Crippen LogP contribution in [0.5, 0.6) is 0 Å². The third-order valence-corrected chi connectivity index (χ3v) is 7.26. The predicted octanol–water partition coefficient (Wildman–Crippen LogP) is 3.67. The van der Waals surface area contributed by atoms with Gasteiger partial charge in [-0.15, -0.1) is 11.3 Å². The van der Waals surface area contributed by atoms with E-state index in [2.05, 4.69) is 20.1 Å². The van der Waals surface area contributed by atoms with Crippen LogP contribution >= 0.6 is 11.3 Å². The Morgan fingerprint density at radius 3 is 2.71 bits per heavy atom. The van der Waals surface area contributed by atoms with Crippen molar-refractivity contribution >= 4 is 27.0 Å². The van der Waals surface area contributed by atoms with Crippen molar-refractivity contribution in [1.82, 2.24) is 20.1 Å². The molecule has 0 aliphatic heterocycles. The van der Waals surface area contributed by atoms with E-state index < -0.39 is 27.2 Å². The second-order valence-corrected chi connectivity index (χ2v) is 9.62. The Labute approximate surface area is 180 Å². The molecule has 0 amide bonds. The van der Waals surface area contributed by atoms with Gasteiger partial charge in [-0.3, -0.25) is 9.78 Å². The van der Waals surface area contributed by atoms with Gasteiger partial charge in [-0.1, -0.05) is 11.2 Å². The minimum atomic E-state index is -3.94. The van der Waals surface area contributed by atoms with E-state index in [1.165, 1.54) is 43.5 Å². The lowest BCUT2D eigenvalue weighted by atomic mass is 10.2. The van der Waals surface area contributed by atoms with Crippen molar-refractivity contribution in [2.45, 2.75) is 18.7 Å². The molecule has 31 heavy (non-hydrogen) atoms. The fraction of sp³-hybridized carbons (Fsp3) is 0.150. The lowest BCUT2D eigenvalue weighted by Gasteiger charge is -2.04. The van der Waals surface area contributed by atoms with Gasteiger partial charge in [0.05, 0.1) is 22.5 Å². The van der Waals surface area contributed by atoms with Crippen LogP contribution in [-0.4, -0.2) is 40.1 Å².